The smallest absolute Gasteiger partial charge is 0.224 e. The fourth-order valence-corrected chi connectivity index (χ4v) is 3.35. The molecule has 0 saturated heterocycles. The van der Waals surface area contributed by atoms with E-state index in [0.717, 1.165) is 15.6 Å². The van der Waals surface area contributed by atoms with Gasteiger partial charge in [0.2, 0.25) is 5.91 Å². The Bertz CT molecular complexity index is 479. The van der Waals surface area contributed by atoms with E-state index < -0.39 is 0 Å². The number of thiophene rings is 1. The molecule has 1 unspecified atom stereocenters. The van der Waals surface area contributed by atoms with E-state index in [9.17, 15) is 4.79 Å². The second kappa shape index (κ2) is 7.97. The van der Waals surface area contributed by atoms with Crippen LogP contribution in [0.5, 0.6) is 0 Å². The Hall–Kier alpha value is -0.840. The number of rotatable bonds is 7. The summed E-state index contributed by atoms with van der Waals surface area (Å²) in [5, 5.41) is 0. The molecule has 0 aliphatic carbocycles. The normalized spacial score (nSPS) is 13.0. The maximum Gasteiger partial charge on any atom is 0.224 e. The van der Waals surface area contributed by atoms with E-state index in [4.69, 9.17) is 17.3 Å². The van der Waals surface area contributed by atoms with Crippen LogP contribution < -0.4 is 5.73 Å². The Morgan fingerprint density at radius 3 is 2.67 bits per heavy atom. The summed E-state index contributed by atoms with van der Waals surface area (Å²) in [5.74, 6) is 0.0659. The van der Waals surface area contributed by atoms with E-state index >= 15 is 0 Å². The molecule has 1 aromatic heterocycles. The van der Waals surface area contributed by atoms with Gasteiger partial charge in [0.25, 0.3) is 0 Å². The molecule has 0 fully saturated rings. The molecule has 0 spiro atoms. The molecular formula is C16H25ClN2OS. The van der Waals surface area contributed by atoms with Gasteiger partial charge < -0.3 is 10.6 Å². The number of amides is 1. The summed E-state index contributed by atoms with van der Waals surface area (Å²) in [5.41, 5.74) is 6.23. The minimum Gasteiger partial charge on any atom is -0.334 e. The van der Waals surface area contributed by atoms with Gasteiger partial charge in [0, 0.05) is 23.9 Å². The lowest BCUT2D eigenvalue weighted by Crippen LogP contribution is -2.37. The third kappa shape index (κ3) is 7.11. The molecule has 1 aromatic rings. The third-order valence-corrected chi connectivity index (χ3v) is 4.21. The van der Waals surface area contributed by atoms with Crippen LogP contribution in [0.25, 0.3) is 0 Å². The van der Waals surface area contributed by atoms with Crippen LogP contribution in [-0.2, 0) is 11.3 Å². The molecule has 1 heterocycles. The monoisotopic (exact) mass is 328 g/mol. The number of nitrogens with zero attached hydrogens (tertiary/aromatic N) is 1. The molecule has 21 heavy (non-hydrogen) atoms. The van der Waals surface area contributed by atoms with Gasteiger partial charge in [-0.1, -0.05) is 38.4 Å². The molecule has 5 heteroatoms. The first-order valence-electron chi connectivity index (χ1n) is 7.10. The highest BCUT2D eigenvalue weighted by Crippen LogP contribution is 2.24. The number of nitrogens with two attached hydrogens (primary N) is 1. The second-order valence-electron chi connectivity index (χ2n) is 6.50. The zero-order valence-electron chi connectivity index (χ0n) is 13.1. The van der Waals surface area contributed by atoms with Crippen molar-refractivity contribution in [3.8, 4) is 0 Å². The molecule has 0 aliphatic heterocycles. The standard InChI is InChI=1S/C16H25ClN2OS/c1-5-8-19(11-13-6-7-14(17)21-13)15(20)9-12(18)10-16(2,3)4/h5-7,12H,1,8-11,18H2,2-4H3. The van der Waals surface area contributed by atoms with Gasteiger partial charge in [-0.2, -0.15) is 0 Å². The molecule has 1 rings (SSSR count). The van der Waals surface area contributed by atoms with E-state index in [2.05, 4.69) is 27.4 Å². The summed E-state index contributed by atoms with van der Waals surface area (Å²) in [6.07, 6.45) is 2.93. The molecule has 1 atom stereocenters. The Balaban J connectivity index is 2.62. The van der Waals surface area contributed by atoms with Crippen molar-refractivity contribution in [1.29, 1.82) is 0 Å². The molecule has 0 bridgehead atoms. The third-order valence-electron chi connectivity index (χ3n) is 2.99. The molecule has 1 amide bonds. The summed E-state index contributed by atoms with van der Waals surface area (Å²) < 4.78 is 0.737. The zero-order chi connectivity index (χ0) is 16.0. The fourth-order valence-electron chi connectivity index (χ4n) is 2.25. The molecule has 0 saturated carbocycles. The van der Waals surface area contributed by atoms with Crippen LogP contribution in [0, 0.1) is 5.41 Å². The summed E-state index contributed by atoms with van der Waals surface area (Å²) in [4.78, 5) is 15.3. The van der Waals surface area contributed by atoms with Crippen LogP contribution in [0.4, 0.5) is 0 Å². The van der Waals surface area contributed by atoms with Gasteiger partial charge in [-0.05, 0) is 24.0 Å². The molecule has 0 radical (unpaired) electrons. The molecule has 2 N–H and O–H groups in total. The predicted octanol–water partition coefficient (Wildman–Crippen LogP) is 4.07. The Kier molecular flexibility index (Phi) is 6.91. The van der Waals surface area contributed by atoms with Crippen LogP contribution >= 0.6 is 22.9 Å². The molecule has 3 nitrogen and oxygen atoms in total. The topological polar surface area (TPSA) is 46.3 Å². The molecule has 0 aromatic carbocycles. The van der Waals surface area contributed by atoms with Crippen molar-refractivity contribution < 1.29 is 4.79 Å². The quantitative estimate of drug-likeness (QED) is 0.767. The van der Waals surface area contributed by atoms with Crippen molar-refractivity contribution in [3.63, 3.8) is 0 Å². The largest absolute Gasteiger partial charge is 0.334 e. The first-order valence-corrected chi connectivity index (χ1v) is 8.29. The maximum atomic E-state index is 12.4. The average molecular weight is 329 g/mol. The van der Waals surface area contributed by atoms with Gasteiger partial charge >= 0.3 is 0 Å². The summed E-state index contributed by atoms with van der Waals surface area (Å²) in [6.45, 7) is 11.2. The van der Waals surface area contributed by atoms with E-state index in [-0.39, 0.29) is 17.4 Å². The van der Waals surface area contributed by atoms with Gasteiger partial charge in [0.05, 0.1) is 10.9 Å². The summed E-state index contributed by atoms with van der Waals surface area (Å²) >= 11 is 7.43. The minimum absolute atomic E-state index is 0.0659. The first kappa shape index (κ1) is 18.2. The Labute approximate surface area is 136 Å². The lowest BCUT2D eigenvalue weighted by atomic mass is 9.87. The molecular weight excluding hydrogens is 304 g/mol. The van der Waals surface area contributed by atoms with Crippen molar-refractivity contribution in [2.24, 2.45) is 11.1 Å². The van der Waals surface area contributed by atoms with Gasteiger partial charge in [-0.15, -0.1) is 17.9 Å². The van der Waals surface area contributed by atoms with Crippen LogP contribution in [0.3, 0.4) is 0 Å². The first-order chi connectivity index (χ1) is 9.71. The molecule has 0 aliphatic rings. The van der Waals surface area contributed by atoms with E-state index in [1.165, 1.54) is 11.3 Å². The maximum absolute atomic E-state index is 12.4. The average Bonchev–Trinajstić information content (AvgIpc) is 2.71. The van der Waals surface area contributed by atoms with Crippen molar-refractivity contribution >= 4 is 28.8 Å². The SMILES string of the molecule is C=CCN(Cc1ccc(Cl)s1)C(=O)CC(N)CC(C)(C)C. The van der Waals surface area contributed by atoms with Crippen molar-refractivity contribution in [1.82, 2.24) is 4.90 Å². The number of carbonyl (C=O) groups is 1. The zero-order valence-corrected chi connectivity index (χ0v) is 14.6. The number of hydrogen-bond acceptors (Lipinski definition) is 3. The molecule has 118 valence electrons. The summed E-state index contributed by atoms with van der Waals surface area (Å²) in [7, 11) is 0. The van der Waals surface area contributed by atoms with Crippen molar-refractivity contribution in [2.75, 3.05) is 6.54 Å². The Morgan fingerprint density at radius 1 is 1.52 bits per heavy atom. The van der Waals surface area contributed by atoms with Gasteiger partial charge in [-0.3, -0.25) is 4.79 Å². The number of carbonyl (C=O) groups excluding carboxylic acids is 1. The highest BCUT2D eigenvalue weighted by Gasteiger charge is 2.21. The lowest BCUT2D eigenvalue weighted by molar-refractivity contribution is -0.131. The number of hydrogen-bond donors (Lipinski definition) is 1. The van der Waals surface area contributed by atoms with Crippen molar-refractivity contribution in [2.45, 2.75) is 46.2 Å². The van der Waals surface area contributed by atoms with E-state index in [1.807, 2.05) is 12.1 Å². The van der Waals surface area contributed by atoms with E-state index in [1.54, 1.807) is 11.0 Å². The lowest BCUT2D eigenvalue weighted by Gasteiger charge is -2.26. The van der Waals surface area contributed by atoms with Crippen LogP contribution in [0.15, 0.2) is 24.8 Å². The summed E-state index contributed by atoms with van der Waals surface area (Å²) in [6, 6.07) is 3.69. The highest BCUT2D eigenvalue weighted by atomic mass is 35.5. The minimum atomic E-state index is -0.114. The van der Waals surface area contributed by atoms with Crippen LogP contribution in [0.1, 0.15) is 38.5 Å². The van der Waals surface area contributed by atoms with Crippen LogP contribution in [-0.4, -0.2) is 23.4 Å². The fraction of sp³-hybridized carbons (Fsp3) is 0.562. The highest BCUT2D eigenvalue weighted by molar-refractivity contribution is 7.16. The Morgan fingerprint density at radius 2 is 2.19 bits per heavy atom. The number of halogens is 1. The van der Waals surface area contributed by atoms with Gasteiger partial charge in [0.15, 0.2) is 0 Å². The van der Waals surface area contributed by atoms with E-state index in [0.29, 0.717) is 19.5 Å². The van der Waals surface area contributed by atoms with Gasteiger partial charge in [-0.25, -0.2) is 0 Å². The predicted molar refractivity (Wildman–Crippen MR) is 91.6 cm³/mol. The second-order valence-corrected chi connectivity index (χ2v) is 8.30. The van der Waals surface area contributed by atoms with Gasteiger partial charge in [0.1, 0.15) is 0 Å². The van der Waals surface area contributed by atoms with Crippen molar-refractivity contribution in [3.05, 3.63) is 34.0 Å². The van der Waals surface area contributed by atoms with Crippen LogP contribution in [0.2, 0.25) is 4.34 Å².